The van der Waals surface area contributed by atoms with Crippen LogP contribution in [0.25, 0.3) is 0 Å². The first kappa shape index (κ1) is 14.3. The minimum absolute atomic E-state index is 0.0304. The van der Waals surface area contributed by atoms with Crippen molar-refractivity contribution < 1.29 is 9.84 Å². The van der Waals surface area contributed by atoms with E-state index in [1.165, 1.54) is 10.8 Å². The molecule has 0 spiro atoms. The molecule has 0 atom stereocenters. The Kier molecular flexibility index (Phi) is 4.57. The molecule has 1 heterocycles. The Morgan fingerprint density at radius 1 is 1.35 bits per heavy atom. The minimum atomic E-state index is -0.182. The molecule has 106 valence electrons. The topological polar surface area (TPSA) is 63.8 Å². The maximum atomic E-state index is 11.6. The predicted molar refractivity (Wildman–Crippen MR) is 80.8 cm³/mol. The van der Waals surface area contributed by atoms with Crippen LogP contribution in [0.3, 0.4) is 0 Å². The zero-order valence-corrected chi connectivity index (χ0v) is 12.2. The van der Waals surface area contributed by atoms with Gasteiger partial charge in [-0.3, -0.25) is 14.4 Å². The van der Waals surface area contributed by atoms with Crippen molar-refractivity contribution in [2.45, 2.75) is 20.4 Å². The lowest BCUT2D eigenvalue weighted by Crippen LogP contribution is -2.09. The van der Waals surface area contributed by atoms with Crippen molar-refractivity contribution in [1.82, 2.24) is 4.57 Å². The normalized spacial score (nSPS) is 11.1. The van der Waals surface area contributed by atoms with E-state index in [4.69, 9.17) is 4.74 Å². The van der Waals surface area contributed by atoms with E-state index in [-0.39, 0.29) is 10.8 Å². The number of aliphatic imine (C=N–C) groups is 1. The lowest BCUT2D eigenvalue weighted by atomic mass is 10.3. The van der Waals surface area contributed by atoms with E-state index in [1.54, 1.807) is 6.92 Å². The van der Waals surface area contributed by atoms with Gasteiger partial charge in [0.25, 0.3) is 0 Å². The Balaban J connectivity index is 2.19. The van der Waals surface area contributed by atoms with Crippen molar-refractivity contribution in [2.24, 2.45) is 4.99 Å². The average Bonchev–Trinajstić information content (AvgIpc) is 2.72. The molecule has 0 aliphatic heterocycles. The first-order valence-electron chi connectivity index (χ1n) is 6.35. The third-order valence-corrected chi connectivity index (χ3v) is 3.59. The van der Waals surface area contributed by atoms with E-state index in [0.29, 0.717) is 18.0 Å². The van der Waals surface area contributed by atoms with Crippen LogP contribution in [-0.2, 0) is 6.54 Å². The van der Waals surface area contributed by atoms with Gasteiger partial charge in [0.05, 0.1) is 18.5 Å². The molecule has 5 nitrogen and oxygen atoms in total. The summed E-state index contributed by atoms with van der Waals surface area (Å²) in [6, 6.07) is 7.29. The van der Waals surface area contributed by atoms with Crippen LogP contribution in [0.1, 0.15) is 18.7 Å². The minimum Gasteiger partial charge on any atom is -0.494 e. The second-order valence-electron chi connectivity index (χ2n) is 3.99. The van der Waals surface area contributed by atoms with Gasteiger partial charge in [0.15, 0.2) is 0 Å². The highest BCUT2D eigenvalue weighted by atomic mass is 32.1. The average molecular weight is 292 g/mol. The third kappa shape index (κ3) is 3.08. The van der Waals surface area contributed by atoms with Gasteiger partial charge in [0.2, 0.25) is 5.88 Å². The molecule has 0 fully saturated rings. The number of benzene rings is 1. The molecule has 0 aliphatic carbocycles. The van der Waals surface area contributed by atoms with Gasteiger partial charge in [-0.1, -0.05) is 11.3 Å². The second kappa shape index (κ2) is 6.38. The fraction of sp³-hybridized carbons (Fsp3) is 0.286. The summed E-state index contributed by atoms with van der Waals surface area (Å²) in [6.45, 7) is 4.80. The highest BCUT2D eigenvalue weighted by molar-refractivity contribution is 7.11. The van der Waals surface area contributed by atoms with Gasteiger partial charge in [0, 0.05) is 6.54 Å². The van der Waals surface area contributed by atoms with Crippen LogP contribution >= 0.6 is 11.3 Å². The van der Waals surface area contributed by atoms with E-state index >= 15 is 0 Å². The maximum absolute atomic E-state index is 11.6. The summed E-state index contributed by atoms with van der Waals surface area (Å²) >= 11 is 0.979. The molecule has 0 radical (unpaired) electrons. The number of nitrogens with zero attached hydrogens (tertiary/aromatic N) is 2. The predicted octanol–water partition coefficient (Wildman–Crippen LogP) is 2.78. The van der Waals surface area contributed by atoms with Gasteiger partial charge >= 0.3 is 4.87 Å². The first-order chi connectivity index (χ1) is 9.65. The largest absolute Gasteiger partial charge is 0.494 e. The fourth-order valence-electron chi connectivity index (χ4n) is 1.71. The van der Waals surface area contributed by atoms with Crippen LogP contribution in [0.5, 0.6) is 11.6 Å². The van der Waals surface area contributed by atoms with Gasteiger partial charge in [-0.2, -0.15) is 0 Å². The molecule has 6 heteroatoms. The SMILES string of the molecule is CCOc1ccc(N=Cc2sc(=O)n(CC)c2O)cc1. The van der Waals surface area contributed by atoms with Crippen molar-refractivity contribution in [1.29, 1.82) is 0 Å². The highest BCUT2D eigenvalue weighted by Crippen LogP contribution is 2.21. The van der Waals surface area contributed by atoms with Gasteiger partial charge in [0.1, 0.15) is 10.6 Å². The van der Waals surface area contributed by atoms with Crippen molar-refractivity contribution in [3.05, 3.63) is 38.8 Å². The first-order valence-corrected chi connectivity index (χ1v) is 7.16. The number of hydrogen-bond acceptors (Lipinski definition) is 5. The number of thiazole rings is 1. The van der Waals surface area contributed by atoms with E-state index in [2.05, 4.69) is 4.99 Å². The number of aromatic hydroxyl groups is 1. The van der Waals surface area contributed by atoms with Crippen LogP contribution in [0, 0.1) is 0 Å². The van der Waals surface area contributed by atoms with Gasteiger partial charge in [-0.15, -0.1) is 0 Å². The lowest BCUT2D eigenvalue weighted by molar-refractivity contribution is 0.340. The summed E-state index contributed by atoms with van der Waals surface area (Å²) in [4.78, 5) is 16.1. The van der Waals surface area contributed by atoms with Crippen LogP contribution in [0.15, 0.2) is 34.1 Å². The molecule has 0 bridgehead atoms. The number of aromatic nitrogens is 1. The summed E-state index contributed by atoms with van der Waals surface area (Å²) in [5, 5.41) is 9.86. The summed E-state index contributed by atoms with van der Waals surface area (Å²) in [7, 11) is 0. The fourth-order valence-corrected chi connectivity index (χ4v) is 2.53. The molecule has 0 unspecified atom stereocenters. The van der Waals surface area contributed by atoms with Crippen LogP contribution < -0.4 is 9.61 Å². The third-order valence-electron chi connectivity index (χ3n) is 2.69. The molecular formula is C14H16N2O3S. The molecule has 0 saturated heterocycles. The lowest BCUT2D eigenvalue weighted by Gasteiger charge is -2.01. The van der Waals surface area contributed by atoms with Crippen molar-refractivity contribution >= 4 is 23.2 Å². The van der Waals surface area contributed by atoms with Crippen LogP contribution in [-0.4, -0.2) is 22.5 Å². The maximum Gasteiger partial charge on any atom is 0.310 e. The molecule has 0 aliphatic rings. The monoisotopic (exact) mass is 292 g/mol. The quantitative estimate of drug-likeness (QED) is 0.862. The Bertz CT molecular complexity index is 656. The molecule has 1 aromatic carbocycles. The molecule has 2 rings (SSSR count). The molecule has 2 aromatic rings. The van der Waals surface area contributed by atoms with E-state index in [1.807, 2.05) is 31.2 Å². The zero-order valence-electron chi connectivity index (χ0n) is 11.4. The Morgan fingerprint density at radius 2 is 2.05 bits per heavy atom. The number of rotatable bonds is 5. The van der Waals surface area contributed by atoms with Gasteiger partial charge in [-0.05, 0) is 38.1 Å². The van der Waals surface area contributed by atoms with E-state index < -0.39 is 0 Å². The number of ether oxygens (including phenoxy) is 1. The molecule has 20 heavy (non-hydrogen) atoms. The summed E-state index contributed by atoms with van der Waals surface area (Å²) in [5.74, 6) is 0.758. The highest BCUT2D eigenvalue weighted by Gasteiger charge is 2.10. The zero-order chi connectivity index (χ0) is 14.5. The molecular weight excluding hydrogens is 276 g/mol. The van der Waals surface area contributed by atoms with E-state index in [9.17, 15) is 9.90 Å². The standard InChI is InChI=1S/C14H16N2O3S/c1-3-16-13(17)12(20-14(16)18)9-15-10-5-7-11(8-6-10)19-4-2/h5-9,17H,3-4H2,1-2H3. The molecule has 0 amide bonds. The van der Waals surface area contributed by atoms with Crippen molar-refractivity contribution in [3.8, 4) is 11.6 Å². The molecule has 0 saturated carbocycles. The summed E-state index contributed by atoms with van der Waals surface area (Å²) < 4.78 is 6.65. The van der Waals surface area contributed by atoms with Crippen LogP contribution in [0.2, 0.25) is 0 Å². The van der Waals surface area contributed by atoms with Crippen LogP contribution in [0.4, 0.5) is 5.69 Å². The van der Waals surface area contributed by atoms with Crippen molar-refractivity contribution in [2.75, 3.05) is 6.61 Å². The molecule has 1 N–H and O–H groups in total. The second-order valence-corrected chi connectivity index (χ2v) is 4.98. The Morgan fingerprint density at radius 3 is 2.60 bits per heavy atom. The molecule has 1 aromatic heterocycles. The summed E-state index contributed by atoms with van der Waals surface area (Å²) in [6.07, 6.45) is 1.50. The van der Waals surface area contributed by atoms with Gasteiger partial charge in [-0.25, -0.2) is 0 Å². The Hall–Kier alpha value is -2.08. The smallest absolute Gasteiger partial charge is 0.310 e. The Labute approximate surface area is 120 Å². The van der Waals surface area contributed by atoms with Gasteiger partial charge < -0.3 is 9.84 Å². The van der Waals surface area contributed by atoms with E-state index in [0.717, 1.165) is 22.8 Å². The number of hydrogen-bond donors (Lipinski definition) is 1. The summed E-state index contributed by atoms with van der Waals surface area (Å²) in [5.41, 5.74) is 0.733. The van der Waals surface area contributed by atoms with Crippen molar-refractivity contribution in [3.63, 3.8) is 0 Å².